The predicted octanol–water partition coefficient (Wildman–Crippen LogP) is 2.77. The molecule has 30 heavy (non-hydrogen) atoms. The summed E-state index contributed by atoms with van der Waals surface area (Å²) in [6.07, 6.45) is 6.11. The molecule has 0 bridgehead atoms. The molecule has 2 fully saturated rings. The quantitative estimate of drug-likeness (QED) is 0.622. The van der Waals surface area contributed by atoms with E-state index in [1.54, 1.807) is 30.3 Å². The summed E-state index contributed by atoms with van der Waals surface area (Å²) in [6, 6.07) is 8.27. The van der Waals surface area contributed by atoms with Crippen molar-refractivity contribution in [1.29, 1.82) is 0 Å². The Morgan fingerprint density at radius 2 is 1.83 bits per heavy atom. The average molecular weight is 428 g/mol. The average Bonchev–Trinajstić information content (AvgIpc) is 3.52. The fourth-order valence-electron chi connectivity index (χ4n) is 4.00. The second-order valence-corrected chi connectivity index (χ2v) is 9.95. The first kappa shape index (κ1) is 19.3. The molecule has 1 aliphatic carbocycles. The van der Waals surface area contributed by atoms with Crippen molar-refractivity contribution in [2.24, 2.45) is 5.92 Å². The summed E-state index contributed by atoms with van der Waals surface area (Å²) in [5.74, 6) is 1.52. The molecule has 3 aromatic rings. The number of aromatic nitrogens is 3. The second-order valence-electron chi connectivity index (χ2n) is 8.07. The molecular formula is C21H25N5O3S. The van der Waals surface area contributed by atoms with Gasteiger partial charge in [-0.25, -0.2) is 18.4 Å². The van der Waals surface area contributed by atoms with E-state index >= 15 is 0 Å². The van der Waals surface area contributed by atoms with Crippen LogP contribution in [0.4, 0.5) is 11.6 Å². The Morgan fingerprint density at radius 1 is 1.10 bits per heavy atom. The van der Waals surface area contributed by atoms with Crippen LogP contribution in [0, 0.1) is 5.92 Å². The van der Waals surface area contributed by atoms with Gasteiger partial charge in [-0.05, 0) is 43.7 Å². The normalized spacial score (nSPS) is 18.2. The minimum Gasteiger partial charge on any atom is -0.384 e. The number of ether oxygens (including phenoxy) is 1. The lowest BCUT2D eigenvalue weighted by atomic mass is 10.1. The Bertz CT molecular complexity index is 1150. The molecule has 8 nitrogen and oxygen atoms in total. The van der Waals surface area contributed by atoms with Crippen molar-refractivity contribution in [2.75, 3.05) is 30.3 Å². The van der Waals surface area contributed by atoms with Crippen LogP contribution in [-0.2, 0) is 14.6 Å². The first-order valence-electron chi connectivity index (χ1n) is 10.3. The van der Waals surface area contributed by atoms with Gasteiger partial charge in [-0.3, -0.25) is 0 Å². The number of H-pyrrole nitrogens is 1. The highest BCUT2D eigenvalue weighted by atomic mass is 32.2. The fraction of sp³-hybridized carbons (Fsp3) is 0.429. The Hall–Kier alpha value is -2.65. The lowest BCUT2D eigenvalue weighted by molar-refractivity contribution is 0.0304. The number of nitrogens with zero attached hydrogens (tertiary/aromatic N) is 3. The van der Waals surface area contributed by atoms with Gasteiger partial charge in [0.1, 0.15) is 28.1 Å². The maximum atomic E-state index is 13.2. The zero-order valence-electron chi connectivity index (χ0n) is 16.6. The molecule has 3 heterocycles. The third-order valence-electron chi connectivity index (χ3n) is 5.87. The monoisotopic (exact) mass is 427 g/mol. The van der Waals surface area contributed by atoms with E-state index in [-0.39, 0.29) is 21.7 Å². The maximum Gasteiger partial charge on any atom is 0.212 e. The fourth-order valence-corrected chi connectivity index (χ4v) is 5.50. The predicted molar refractivity (Wildman–Crippen MR) is 114 cm³/mol. The molecule has 0 amide bonds. The van der Waals surface area contributed by atoms with Crippen LogP contribution < -0.4 is 10.6 Å². The van der Waals surface area contributed by atoms with E-state index in [1.165, 1.54) is 19.2 Å². The summed E-state index contributed by atoms with van der Waals surface area (Å²) < 4.78 is 32.4. The summed E-state index contributed by atoms with van der Waals surface area (Å²) in [5, 5.41) is 0. The number of aromatic amines is 1. The number of nitrogens with two attached hydrogens (primary N) is 1. The molecule has 9 heteroatoms. The van der Waals surface area contributed by atoms with Gasteiger partial charge in [-0.2, -0.15) is 0 Å². The largest absolute Gasteiger partial charge is 0.384 e. The van der Waals surface area contributed by atoms with Crippen LogP contribution in [0.25, 0.3) is 11.0 Å². The third kappa shape index (κ3) is 3.52. The van der Waals surface area contributed by atoms with Crippen LogP contribution in [0.15, 0.2) is 46.5 Å². The molecule has 0 unspecified atom stereocenters. The van der Waals surface area contributed by atoms with E-state index in [1.807, 2.05) is 0 Å². The van der Waals surface area contributed by atoms with Gasteiger partial charge in [0, 0.05) is 19.7 Å². The number of anilines is 2. The maximum absolute atomic E-state index is 13.2. The van der Waals surface area contributed by atoms with Gasteiger partial charge in [0.05, 0.1) is 11.0 Å². The van der Waals surface area contributed by atoms with Gasteiger partial charge in [0.25, 0.3) is 0 Å². The molecule has 1 aliphatic heterocycles. The highest BCUT2D eigenvalue weighted by molar-refractivity contribution is 7.92. The molecule has 0 radical (unpaired) electrons. The van der Waals surface area contributed by atoms with E-state index in [4.69, 9.17) is 10.5 Å². The SMILES string of the molecule is Nc1[nH]c2c(N3CCC(OCC4CC4)CC3)ncnc2c1S(=O)(=O)c1ccccc1. The number of piperidine rings is 1. The topological polar surface area (TPSA) is 114 Å². The summed E-state index contributed by atoms with van der Waals surface area (Å²) in [7, 11) is -3.80. The van der Waals surface area contributed by atoms with Crippen molar-refractivity contribution in [3.63, 3.8) is 0 Å². The van der Waals surface area contributed by atoms with E-state index in [9.17, 15) is 8.42 Å². The number of rotatable bonds is 6. The molecule has 3 N–H and O–H groups in total. The highest BCUT2D eigenvalue weighted by Gasteiger charge is 2.30. The molecule has 1 saturated heterocycles. The molecule has 5 rings (SSSR count). The van der Waals surface area contributed by atoms with E-state index in [0.717, 1.165) is 38.5 Å². The van der Waals surface area contributed by atoms with Crippen molar-refractivity contribution >= 4 is 32.5 Å². The third-order valence-corrected chi connectivity index (χ3v) is 7.72. The van der Waals surface area contributed by atoms with Crippen molar-refractivity contribution in [1.82, 2.24) is 15.0 Å². The van der Waals surface area contributed by atoms with Crippen molar-refractivity contribution in [2.45, 2.75) is 41.6 Å². The Balaban J connectivity index is 1.44. The highest BCUT2D eigenvalue weighted by Crippen LogP contribution is 2.36. The molecular weight excluding hydrogens is 402 g/mol. The minimum absolute atomic E-state index is 0.00926. The lowest BCUT2D eigenvalue weighted by Crippen LogP contribution is -2.37. The lowest BCUT2D eigenvalue weighted by Gasteiger charge is -2.32. The minimum atomic E-state index is -3.80. The molecule has 158 valence electrons. The molecule has 0 spiro atoms. The second kappa shape index (κ2) is 7.55. The van der Waals surface area contributed by atoms with Crippen LogP contribution in [0.5, 0.6) is 0 Å². The molecule has 1 aromatic carbocycles. The van der Waals surface area contributed by atoms with Gasteiger partial charge in [0.15, 0.2) is 5.82 Å². The van der Waals surface area contributed by atoms with Crippen LogP contribution in [0.1, 0.15) is 25.7 Å². The molecule has 0 atom stereocenters. The summed E-state index contributed by atoms with van der Waals surface area (Å²) in [4.78, 5) is 14.1. The van der Waals surface area contributed by atoms with Gasteiger partial charge in [-0.15, -0.1) is 0 Å². The zero-order valence-corrected chi connectivity index (χ0v) is 17.4. The van der Waals surface area contributed by atoms with Gasteiger partial charge in [0.2, 0.25) is 9.84 Å². The van der Waals surface area contributed by atoms with Crippen molar-refractivity contribution < 1.29 is 13.2 Å². The first-order chi connectivity index (χ1) is 14.5. The van der Waals surface area contributed by atoms with Crippen LogP contribution in [0.2, 0.25) is 0 Å². The van der Waals surface area contributed by atoms with Crippen LogP contribution in [0.3, 0.4) is 0 Å². The van der Waals surface area contributed by atoms with E-state index in [2.05, 4.69) is 19.9 Å². The van der Waals surface area contributed by atoms with Crippen molar-refractivity contribution in [3.05, 3.63) is 36.7 Å². The summed E-state index contributed by atoms with van der Waals surface area (Å²) >= 11 is 0. The zero-order chi connectivity index (χ0) is 20.7. The molecule has 2 aromatic heterocycles. The first-order valence-corrected chi connectivity index (χ1v) is 11.8. The number of benzene rings is 1. The number of fused-ring (bicyclic) bond motifs is 1. The van der Waals surface area contributed by atoms with Crippen molar-refractivity contribution in [3.8, 4) is 0 Å². The number of sulfone groups is 1. The van der Waals surface area contributed by atoms with Crippen LogP contribution in [-0.4, -0.2) is 49.2 Å². The molecule has 2 aliphatic rings. The summed E-state index contributed by atoms with van der Waals surface area (Å²) in [6.45, 7) is 2.46. The van der Waals surface area contributed by atoms with Gasteiger partial charge in [-0.1, -0.05) is 18.2 Å². The Kier molecular flexibility index (Phi) is 4.86. The molecule has 1 saturated carbocycles. The van der Waals surface area contributed by atoms with Crippen LogP contribution >= 0.6 is 0 Å². The Morgan fingerprint density at radius 3 is 2.53 bits per heavy atom. The van der Waals surface area contributed by atoms with E-state index in [0.29, 0.717) is 16.9 Å². The standard InChI is InChI=1S/C21H25N5O3S/c22-20-19(30(27,28)16-4-2-1-3-5-16)17-18(25-20)21(24-13-23-17)26-10-8-15(9-11-26)29-12-14-6-7-14/h1-5,13-15,25H,6-12,22H2. The summed E-state index contributed by atoms with van der Waals surface area (Å²) in [5.41, 5.74) is 7.01. The van der Waals surface area contributed by atoms with Gasteiger partial charge < -0.3 is 20.4 Å². The number of hydrogen-bond donors (Lipinski definition) is 2. The Labute approximate surface area is 175 Å². The number of nitrogens with one attached hydrogen (secondary N) is 1. The van der Waals surface area contributed by atoms with Gasteiger partial charge >= 0.3 is 0 Å². The number of nitrogen functional groups attached to an aromatic ring is 1. The number of hydrogen-bond acceptors (Lipinski definition) is 7. The van der Waals surface area contributed by atoms with E-state index < -0.39 is 9.84 Å². The smallest absolute Gasteiger partial charge is 0.212 e.